The van der Waals surface area contributed by atoms with Crippen molar-refractivity contribution in [2.75, 3.05) is 13.7 Å². The predicted molar refractivity (Wildman–Crippen MR) is 137 cm³/mol. The minimum Gasteiger partial charge on any atom is -0.372 e. The molecule has 1 aliphatic rings. The molecule has 2 unspecified atom stereocenters. The number of benzene rings is 1. The second-order valence-electron chi connectivity index (χ2n) is 10.7. The van der Waals surface area contributed by atoms with Gasteiger partial charge in [0, 0.05) is 13.7 Å². The quantitative estimate of drug-likeness (QED) is 0.176. The molecule has 1 aromatic heterocycles. The Balaban J connectivity index is 1.29. The Bertz CT molecular complexity index is 976. The number of carbonyl (C=O) groups excluding carboxylic acids is 1. The molecular weight excluding hydrogens is 481 g/mol. The highest BCUT2D eigenvalue weighted by atomic mass is 19.4. The van der Waals surface area contributed by atoms with Gasteiger partial charge in [-0.15, -0.1) is 0 Å². The summed E-state index contributed by atoms with van der Waals surface area (Å²) in [4.78, 5) is 11.2. The van der Waals surface area contributed by atoms with Crippen molar-refractivity contribution < 1.29 is 27.4 Å². The summed E-state index contributed by atoms with van der Waals surface area (Å²) in [6.07, 6.45) is 9.34. The summed E-state index contributed by atoms with van der Waals surface area (Å²) in [6, 6.07) is 7.50. The number of halogens is 3. The smallest absolute Gasteiger partial charge is 0.372 e. The van der Waals surface area contributed by atoms with E-state index >= 15 is 0 Å². The van der Waals surface area contributed by atoms with Gasteiger partial charge in [0.15, 0.2) is 6.29 Å². The molecule has 3 rings (SSSR count). The van der Waals surface area contributed by atoms with Crippen LogP contribution in [-0.4, -0.2) is 29.8 Å². The largest absolute Gasteiger partial charge is 0.416 e. The lowest BCUT2D eigenvalue weighted by Crippen LogP contribution is -2.30. The molecule has 1 fully saturated rings. The number of unbranched alkanes of at least 4 members (excludes halogenated alkanes) is 7. The van der Waals surface area contributed by atoms with Crippen molar-refractivity contribution in [1.82, 2.24) is 9.78 Å². The third kappa shape index (κ3) is 9.25. The fourth-order valence-corrected chi connectivity index (χ4v) is 5.31. The summed E-state index contributed by atoms with van der Waals surface area (Å²) >= 11 is 0. The number of aldehydes is 1. The van der Waals surface area contributed by atoms with Crippen LogP contribution in [0.1, 0.15) is 111 Å². The zero-order valence-corrected chi connectivity index (χ0v) is 22.2. The van der Waals surface area contributed by atoms with E-state index in [4.69, 9.17) is 9.47 Å². The topological polar surface area (TPSA) is 53.4 Å². The minimum absolute atomic E-state index is 0.0777. The van der Waals surface area contributed by atoms with Crippen LogP contribution in [0.2, 0.25) is 0 Å². The highest BCUT2D eigenvalue weighted by Crippen LogP contribution is 2.43. The number of ether oxygens (including phenoxy) is 2. The average molecular weight is 523 g/mol. The first-order valence-corrected chi connectivity index (χ1v) is 13.5. The zero-order valence-electron chi connectivity index (χ0n) is 22.2. The molecule has 8 heteroatoms. The first kappa shape index (κ1) is 29.4. The highest BCUT2D eigenvalue weighted by molar-refractivity contribution is 5.71. The van der Waals surface area contributed by atoms with Crippen molar-refractivity contribution in [3.8, 4) is 0 Å². The predicted octanol–water partition coefficient (Wildman–Crippen LogP) is 7.93. The molecule has 0 spiro atoms. The van der Waals surface area contributed by atoms with Gasteiger partial charge in [-0.1, -0.05) is 70.1 Å². The molecule has 0 aliphatic carbocycles. The molecule has 0 N–H and O–H groups in total. The molecule has 37 heavy (non-hydrogen) atoms. The minimum atomic E-state index is -4.27. The SMILES string of the molecule is COCn1nc(C=O)cc1C1CC(C)(CCCCCCCCCCc2cccc(C(F)(F)F)c2)CCO1. The zero-order chi connectivity index (χ0) is 26.7. The Hall–Kier alpha value is -2.19. The highest BCUT2D eigenvalue weighted by Gasteiger charge is 2.35. The lowest BCUT2D eigenvalue weighted by Gasteiger charge is -2.38. The number of rotatable bonds is 15. The van der Waals surface area contributed by atoms with Crippen molar-refractivity contribution in [2.24, 2.45) is 5.41 Å². The van der Waals surface area contributed by atoms with Gasteiger partial charge in [-0.25, -0.2) is 4.68 Å². The van der Waals surface area contributed by atoms with E-state index in [1.165, 1.54) is 44.2 Å². The first-order valence-electron chi connectivity index (χ1n) is 13.5. The molecular formula is C29H41F3N2O3. The van der Waals surface area contributed by atoms with Gasteiger partial charge >= 0.3 is 6.18 Å². The Morgan fingerprint density at radius 2 is 1.81 bits per heavy atom. The van der Waals surface area contributed by atoms with Crippen LogP contribution < -0.4 is 0 Å². The van der Waals surface area contributed by atoms with E-state index in [9.17, 15) is 18.0 Å². The Morgan fingerprint density at radius 3 is 2.49 bits per heavy atom. The normalized spacial score (nSPS) is 20.3. The Labute approximate surface area is 218 Å². The van der Waals surface area contributed by atoms with E-state index in [2.05, 4.69) is 12.0 Å². The molecule has 0 amide bonds. The average Bonchev–Trinajstić information content (AvgIpc) is 3.28. The maximum Gasteiger partial charge on any atom is 0.416 e. The van der Waals surface area contributed by atoms with E-state index in [-0.39, 0.29) is 11.5 Å². The van der Waals surface area contributed by atoms with E-state index < -0.39 is 11.7 Å². The van der Waals surface area contributed by atoms with Crippen LogP contribution in [0.4, 0.5) is 13.2 Å². The van der Waals surface area contributed by atoms with Crippen LogP contribution in [0.3, 0.4) is 0 Å². The summed E-state index contributed by atoms with van der Waals surface area (Å²) < 4.78 is 51.5. The maximum absolute atomic E-state index is 12.8. The van der Waals surface area contributed by atoms with Crippen molar-refractivity contribution in [2.45, 2.75) is 103 Å². The van der Waals surface area contributed by atoms with Gasteiger partial charge in [0.1, 0.15) is 12.4 Å². The number of aromatic nitrogens is 2. The Kier molecular flexibility index (Phi) is 11.2. The van der Waals surface area contributed by atoms with Gasteiger partial charge in [-0.2, -0.15) is 18.3 Å². The second-order valence-corrected chi connectivity index (χ2v) is 10.7. The number of nitrogens with zero attached hydrogens (tertiary/aromatic N) is 2. The van der Waals surface area contributed by atoms with Crippen molar-refractivity contribution in [1.29, 1.82) is 0 Å². The number of aryl methyl sites for hydroxylation is 1. The summed E-state index contributed by atoms with van der Waals surface area (Å²) in [5, 5.41) is 4.29. The van der Waals surface area contributed by atoms with E-state index in [0.717, 1.165) is 62.1 Å². The summed E-state index contributed by atoms with van der Waals surface area (Å²) in [5.74, 6) is 0. The molecule has 0 saturated carbocycles. The molecule has 0 radical (unpaired) electrons. The molecule has 2 aromatic rings. The van der Waals surface area contributed by atoms with Crippen LogP contribution in [0.5, 0.6) is 0 Å². The molecule has 206 valence electrons. The molecule has 5 nitrogen and oxygen atoms in total. The number of methoxy groups -OCH3 is 1. The van der Waals surface area contributed by atoms with Crippen LogP contribution in [-0.2, 0) is 28.8 Å². The molecule has 1 saturated heterocycles. The number of hydrogen-bond acceptors (Lipinski definition) is 4. The summed E-state index contributed by atoms with van der Waals surface area (Å²) in [5.41, 5.74) is 1.72. The van der Waals surface area contributed by atoms with Gasteiger partial charge in [-0.05, 0) is 55.2 Å². The number of hydrogen-bond donors (Lipinski definition) is 0. The van der Waals surface area contributed by atoms with Gasteiger partial charge in [0.25, 0.3) is 0 Å². The van der Waals surface area contributed by atoms with Gasteiger partial charge < -0.3 is 9.47 Å². The van der Waals surface area contributed by atoms with E-state index in [1.54, 1.807) is 17.9 Å². The third-order valence-corrected chi connectivity index (χ3v) is 7.48. The monoisotopic (exact) mass is 522 g/mol. The Morgan fingerprint density at radius 1 is 1.11 bits per heavy atom. The van der Waals surface area contributed by atoms with Crippen molar-refractivity contribution in [3.05, 3.63) is 52.8 Å². The molecule has 1 aromatic carbocycles. The van der Waals surface area contributed by atoms with Crippen LogP contribution >= 0.6 is 0 Å². The molecule has 0 bridgehead atoms. The van der Waals surface area contributed by atoms with E-state index in [1.807, 2.05) is 6.07 Å². The second kappa shape index (κ2) is 14.1. The van der Waals surface area contributed by atoms with Gasteiger partial charge in [0.2, 0.25) is 0 Å². The van der Waals surface area contributed by atoms with Gasteiger partial charge in [0.05, 0.1) is 17.4 Å². The number of alkyl halides is 3. The van der Waals surface area contributed by atoms with Crippen molar-refractivity contribution in [3.63, 3.8) is 0 Å². The lowest BCUT2D eigenvalue weighted by molar-refractivity contribution is -0.137. The third-order valence-electron chi connectivity index (χ3n) is 7.48. The van der Waals surface area contributed by atoms with Crippen molar-refractivity contribution >= 4 is 6.29 Å². The van der Waals surface area contributed by atoms with Crippen LogP contribution in [0.25, 0.3) is 0 Å². The first-order chi connectivity index (χ1) is 17.7. The fourth-order valence-electron chi connectivity index (χ4n) is 5.31. The lowest BCUT2D eigenvalue weighted by atomic mass is 9.75. The summed E-state index contributed by atoms with van der Waals surface area (Å²) in [7, 11) is 1.61. The number of carbonyl (C=O) groups is 1. The van der Waals surface area contributed by atoms with E-state index in [0.29, 0.717) is 25.5 Å². The van der Waals surface area contributed by atoms with Crippen LogP contribution in [0, 0.1) is 5.41 Å². The molecule has 2 atom stereocenters. The fraction of sp³-hybridized carbons (Fsp3) is 0.655. The van der Waals surface area contributed by atoms with Gasteiger partial charge in [-0.3, -0.25) is 4.79 Å². The standard InChI is InChI=1S/C29H41F3N2O3/c1-28(16-17-37-27(20-28)26-19-25(21-35)33-34(26)22-36-2)15-10-8-6-4-3-5-7-9-12-23-13-11-14-24(18-23)29(30,31)32/h11,13-14,18-19,21,27H,3-10,12,15-17,20,22H2,1-2H3. The maximum atomic E-state index is 12.8. The van der Waals surface area contributed by atoms with Crippen LogP contribution in [0.15, 0.2) is 30.3 Å². The molecule has 1 aliphatic heterocycles. The summed E-state index contributed by atoms with van der Waals surface area (Å²) in [6.45, 7) is 3.34. The molecule has 2 heterocycles.